The number of nitrogens with one attached hydrogen (secondary N) is 4. The number of para-hydroxylation sites is 1. The number of aromatic nitrogens is 3. The molecule has 61 heavy (non-hydrogen) atoms. The first kappa shape index (κ1) is 45.0. The van der Waals surface area contributed by atoms with Gasteiger partial charge in [0.2, 0.25) is 17.7 Å². The number of benzene rings is 2. The Morgan fingerprint density at radius 3 is 2.48 bits per heavy atom. The van der Waals surface area contributed by atoms with Gasteiger partial charge in [0.25, 0.3) is 5.56 Å². The molecule has 0 aliphatic carbocycles. The molecule has 1 aliphatic heterocycles. The summed E-state index contributed by atoms with van der Waals surface area (Å²) in [4.78, 5) is 78.4. The van der Waals surface area contributed by atoms with E-state index in [-0.39, 0.29) is 25.4 Å². The van der Waals surface area contributed by atoms with E-state index in [1.165, 1.54) is 28.9 Å². The fourth-order valence-corrected chi connectivity index (χ4v) is 8.99. The van der Waals surface area contributed by atoms with Gasteiger partial charge in [-0.05, 0) is 104 Å². The minimum absolute atomic E-state index is 0.0705. The fourth-order valence-electron chi connectivity index (χ4n) is 7.65. The molecular weight excluding hydrogens is 818 g/mol. The molecule has 0 bridgehead atoms. The number of carboxylic acids is 1. The monoisotopic (exact) mass is 869 g/mol. The first-order valence-electron chi connectivity index (χ1n) is 20.3. The molecule has 322 valence electrons. The number of carbonyl (C=O) groups excluding carboxylic acids is 3. The highest BCUT2D eigenvalue weighted by molar-refractivity contribution is 7.99. The number of carboxylic acid groups (broad SMARTS) is 1. The van der Waals surface area contributed by atoms with E-state index in [0.29, 0.717) is 76.8 Å². The summed E-state index contributed by atoms with van der Waals surface area (Å²) in [6, 6.07) is 15.2. The molecule has 0 spiro atoms. The maximum atomic E-state index is 14.8. The molecule has 4 heterocycles. The lowest BCUT2D eigenvalue weighted by Crippen LogP contribution is -2.57. The molecule has 1 aliphatic rings. The zero-order chi connectivity index (χ0) is 43.6. The predicted molar refractivity (Wildman–Crippen MR) is 236 cm³/mol. The largest absolute Gasteiger partial charge is 0.480 e. The van der Waals surface area contributed by atoms with E-state index in [9.17, 15) is 29.1 Å². The number of hydrogen-bond donors (Lipinski definition) is 7. The minimum atomic E-state index is -1.16. The molecule has 1 unspecified atom stereocenters. The van der Waals surface area contributed by atoms with Crippen LogP contribution in [0, 0.1) is 6.92 Å². The van der Waals surface area contributed by atoms with Crippen molar-refractivity contribution in [2.45, 2.75) is 93.1 Å². The Morgan fingerprint density at radius 1 is 0.951 bits per heavy atom. The molecule has 5 aromatic rings. The maximum absolute atomic E-state index is 14.8. The molecule has 9 N–H and O–H groups in total. The fraction of sp³-hybridized carbons (Fsp3) is 0.364. The standard InChI is InChI=1S/C44H52ClN9O6S/c1-26-31(30-10-3-4-11-34(30)51-26)22-37-42(59)50-24-32-29(27-16-20-54(25-39(56)57)38(55)21-27)14-15-33(45)40(32)61-43-28(9-8-19-48-43)23-49-35(13-7-18-47)41(58)52-36(12-5-6-17-46)44(60)53(37)2/h3-4,8-11,14-16,19-21,35-37,49,51H,5-7,12-13,17-18,22-25,46-47H2,1-2H3,(H,50,59)(H,52,58)(H,56,57)/t35?,36-,37-/m0/s1. The van der Waals surface area contributed by atoms with Gasteiger partial charge in [0, 0.05) is 66.5 Å². The summed E-state index contributed by atoms with van der Waals surface area (Å²) in [6.45, 7) is 2.36. The SMILES string of the molecule is Cc1[nH]c2ccccc2c1C[C@H]1C(=O)NCc2c(-c3ccn(CC(=O)O)c(=O)c3)ccc(Cl)c2Sc2ncccc2CNC(CCCN)C(=O)N[C@@H](CCCCN)C(=O)N1C. The lowest BCUT2D eigenvalue weighted by atomic mass is 9.98. The third-order valence-electron chi connectivity index (χ3n) is 11.0. The van der Waals surface area contributed by atoms with Crippen molar-refractivity contribution < 1.29 is 24.3 Å². The number of nitrogens with two attached hydrogens (primary N) is 2. The average Bonchev–Trinajstić information content (AvgIpc) is 3.56. The van der Waals surface area contributed by atoms with Crippen LogP contribution in [0.5, 0.6) is 0 Å². The van der Waals surface area contributed by atoms with E-state index in [2.05, 4.69) is 20.9 Å². The van der Waals surface area contributed by atoms with Gasteiger partial charge in [-0.3, -0.25) is 24.0 Å². The molecule has 17 heteroatoms. The smallest absolute Gasteiger partial charge is 0.323 e. The number of H-pyrrole nitrogens is 1. The van der Waals surface area contributed by atoms with Gasteiger partial charge in [0.15, 0.2) is 0 Å². The number of unbranched alkanes of at least 4 members (excludes halogenated alkanes) is 1. The molecule has 3 aromatic heterocycles. The van der Waals surface area contributed by atoms with Crippen LogP contribution in [0.25, 0.3) is 22.0 Å². The van der Waals surface area contributed by atoms with Crippen molar-refractivity contribution in [3.05, 3.63) is 111 Å². The highest BCUT2D eigenvalue weighted by atomic mass is 35.5. The summed E-state index contributed by atoms with van der Waals surface area (Å²) >= 11 is 8.29. The predicted octanol–water partition coefficient (Wildman–Crippen LogP) is 4.10. The molecule has 0 radical (unpaired) electrons. The normalized spacial score (nSPS) is 18.0. The number of likely N-dealkylation sites (N-methyl/N-ethyl adjacent to an activating group) is 1. The maximum Gasteiger partial charge on any atom is 0.323 e. The third-order valence-corrected chi connectivity index (χ3v) is 12.6. The zero-order valence-corrected chi connectivity index (χ0v) is 35.8. The molecule has 3 atom stereocenters. The summed E-state index contributed by atoms with van der Waals surface area (Å²) in [7, 11) is 1.58. The van der Waals surface area contributed by atoms with Crippen LogP contribution in [0.3, 0.4) is 0 Å². The van der Waals surface area contributed by atoms with Gasteiger partial charge in [0.05, 0.1) is 11.1 Å². The number of amides is 3. The Bertz CT molecular complexity index is 2460. The van der Waals surface area contributed by atoms with E-state index in [0.717, 1.165) is 32.3 Å². The van der Waals surface area contributed by atoms with Gasteiger partial charge in [-0.15, -0.1) is 0 Å². The van der Waals surface area contributed by atoms with Crippen LogP contribution in [0.4, 0.5) is 0 Å². The number of aryl methyl sites for hydroxylation is 1. The summed E-state index contributed by atoms with van der Waals surface area (Å²) < 4.78 is 1.09. The van der Waals surface area contributed by atoms with Crippen LogP contribution >= 0.6 is 23.4 Å². The topological polar surface area (TPSA) is 231 Å². The van der Waals surface area contributed by atoms with E-state index >= 15 is 0 Å². The lowest BCUT2D eigenvalue weighted by Gasteiger charge is -2.32. The molecule has 2 aromatic carbocycles. The number of fused-ring (bicyclic) bond motifs is 3. The van der Waals surface area contributed by atoms with Crippen molar-refractivity contribution in [1.29, 1.82) is 0 Å². The highest BCUT2D eigenvalue weighted by Crippen LogP contribution is 2.41. The Morgan fingerprint density at radius 2 is 1.72 bits per heavy atom. The van der Waals surface area contributed by atoms with Crippen LogP contribution in [0.2, 0.25) is 5.02 Å². The van der Waals surface area contributed by atoms with Crippen molar-refractivity contribution in [2.75, 3.05) is 20.1 Å². The van der Waals surface area contributed by atoms with Gasteiger partial charge in [-0.2, -0.15) is 0 Å². The minimum Gasteiger partial charge on any atom is -0.480 e. The molecule has 15 nitrogen and oxygen atoms in total. The van der Waals surface area contributed by atoms with Crippen molar-refractivity contribution in [3.8, 4) is 11.1 Å². The first-order valence-corrected chi connectivity index (χ1v) is 21.5. The Kier molecular flexibility index (Phi) is 15.4. The second-order valence-electron chi connectivity index (χ2n) is 15.1. The summed E-state index contributed by atoms with van der Waals surface area (Å²) in [5.41, 5.74) is 16.2. The number of carbonyl (C=O) groups is 4. The third kappa shape index (κ3) is 10.9. The summed E-state index contributed by atoms with van der Waals surface area (Å²) in [6.07, 6.45) is 5.67. The molecule has 0 saturated heterocycles. The Labute approximate surface area is 363 Å². The van der Waals surface area contributed by atoms with Crippen LogP contribution in [0.15, 0.2) is 87.8 Å². The number of pyridine rings is 2. The number of rotatable bonds is 12. The van der Waals surface area contributed by atoms with Crippen molar-refractivity contribution in [1.82, 2.24) is 35.4 Å². The number of aliphatic carboxylic acids is 1. The Hall–Kier alpha value is -5.52. The number of hydrogen-bond acceptors (Lipinski definition) is 10. The number of aromatic amines is 1. The van der Waals surface area contributed by atoms with Crippen LogP contribution in [0.1, 0.15) is 54.5 Å². The highest BCUT2D eigenvalue weighted by Gasteiger charge is 2.35. The van der Waals surface area contributed by atoms with Gasteiger partial charge in [0.1, 0.15) is 23.7 Å². The van der Waals surface area contributed by atoms with Crippen LogP contribution in [-0.4, -0.2) is 86.5 Å². The van der Waals surface area contributed by atoms with Gasteiger partial charge < -0.3 is 47.0 Å². The summed E-state index contributed by atoms with van der Waals surface area (Å²) in [5.74, 6) is -2.42. The van der Waals surface area contributed by atoms with Gasteiger partial charge >= 0.3 is 5.97 Å². The van der Waals surface area contributed by atoms with E-state index in [4.69, 9.17) is 28.1 Å². The lowest BCUT2D eigenvalue weighted by molar-refractivity contribution is -0.142. The van der Waals surface area contributed by atoms with Crippen molar-refractivity contribution in [2.24, 2.45) is 11.5 Å². The molecule has 3 amide bonds. The average molecular weight is 870 g/mol. The van der Waals surface area contributed by atoms with Gasteiger partial charge in [-0.25, -0.2) is 4.98 Å². The molecular formula is C44H52ClN9O6S. The molecule has 6 rings (SSSR count). The van der Waals surface area contributed by atoms with E-state index in [1.54, 1.807) is 37.5 Å². The Balaban J connectivity index is 1.50. The van der Waals surface area contributed by atoms with Gasteiger partial charge in [-0.1, -0.05) is 53.7 Å². The van der Waals surface area contributed by atoms with E-state index < -0.39 is 48.0 Å². The van der Waals surface area contributed by atoms with Crippen molar-refractivity contribution in [3.63, 3.8) is 0 Å². The quantitative estimate of drug-likeness (QED) is 0.0883. The first-order chi connectivity index (χ1) is 29.4. The number of nitrogens with zero attached hydrogens (tertiary/aromatic N) is 3. The van der Waals surface area contributed by atoms with Crippen molar-refractivity contribution >= 4 is 58.0 Å². The molecule has 0 saturated carbocycles. The second-order valence-corrected chi connectivity index (χ2v) is 16.5. The second kappa shape index (κ2) is 20.8. The molecule has 0 fully saturated rings. The van der Waals surface area contributed by atoms with Crippen LogP contribution < -0.4 is 33.0 Å². The van der Waals surface area contributed by atoms with E-state index in [1.807, 2.05) is 37.3 Å². The zero-order valence-electron chi connectivity index (χ0n) is 34.2. The van der Waals surface area contributed by atoms with Crippen LogP contribution in [-0.2, 0) is 45.2 Å². The summed E-state index contributed by atoms with van der Waals surface area (Å²) in [5, 5.41) is 20.7. The number of halogens is 1.